The molecule has 0 saturated carbocycles. The molecule has 0 aliphatic carbocycles. The van der Waals surface area contributed by atoms with Gasteiger partial charge in [-0.05, 0) is 24.3 Å². The van der Waals surface area contributed by atoms with E-state index in [4.69, 9.17) is 15.4 Å². The second-order valence-electron chi connectivity index (χ2n) is 3.70. The van der Waals surface area contributed by atoms with Gasteiger partial charge >= 0.3 is 0 Å². The maximum absolute atomic E-state index is 12.2. The minimum Gasteiger partial charge on any atom is -0.379 e. The Labute approximate surface area is 113 Å². The van der Waals surface area contributed by atoms with Gasteiger partial charge < -0.3 is 4.74 Å². The predicted octanol–water partition coefficient (Wildman–Crippen LogP) is 0.969. The van der Waals surface area contributed by atoms with Gasteiger partial charge in [0, 0.05) is 23.8 Å². The van der Waals surface area contributed by atoms with Crippen LogP contribution in [0.15, 0.2) is 34.1 Å². The first-order valence-electron chi connectivity index (χ1n) is 5.28. The summed E-state index contributed by atoms with van der Waals surface area (Å²) in [5.74, 6) is 0. The standard InChI is InChI=1S/C10H12ClNO4S2/c11-18(14,15)10-3-1-9(2-4-10)17(13)12-5-7-16-8-6-12/h1-4H,5-8H2. The van der Waals surface area contributed by atoms with Crippen LogP contribution in [-0.4, -0.2) is 43.2 Å². The number of benzene rings is 1. The molecule has 8 heteroatoms. The Morgan fingerprint density at radius 3 is 2.22 bits per heavy atom. The Morgan fingerprint density at radius 1 is 1.17 bits per heavy atom. The summed E-state index contributed by atoms with van der Waals surface area (Å²) >= 11 is 0. The summed E-state index contributed by atoms with van der Waals surface area (Å²) < 4.78 is 41.3. The van der Waals surface area contributed by atoms with E-state index >= 15 is 0 Å². The van der Waals surface area contributed by atoms with E-state index in [1.807, 2.05) is 0 Å². The third-order valence-corrected chi connectivity index (χ3v) is 5.39. The zero-order valence-corrected chi connectivity index (χ0v) is 11.8. The third kappa shape index (κ3) is 3.30. The first-order valence-corrected chi connectivity index (χ1v) is 8.69. The van der Waals surface area contributed by atoms with Crippen molar-refractivity contribution in [1.82, 2.24) is 4.31 Å². The number of halogens is 1. The van der Waals surface area contributed by atoms with Crippen molar-refractivity contribution in [2.45, 2.75) is 9.79 Å². The second kappa shape index (κ2) is 5.66. The van der Waals surface area contributed by atoms with Crippen LogP contribution in [0.25, 0.3) is 0 Å². The van der Waals surface area contributed by atoms with Crippen LogP contribution < -0.4 is 0 Å². The van der Waals surface area contributed by atoms with E-state index in [1.165, 1.54) is 24.3 Å². The number of hydrogen-bond donors (Lipinski definition) is 0. The molecule has 1 saturated heterocycles. The molecule has 2 rings (SSSR count). The lowest BCUT2D eigenvalue weighted by Gasteiger charge is -2.25. The molecule has 1 fully saturated rings. The number of ether oxygens (including phenoxy) is 1. The lowest BCUT2D eigenvalue weighted by molar-refractivity contribution is 0.0752. The van der Waals surface area contributed by atoms with Gasteiger partial charge in [-0.3, -0.25) is 0 Å². The smallest absolute Gasteiger partial charge is 0.261 e. The van der Waals surface area contributed by atoms with Gasteiger partial charge in [-0.2, -0.15) is 0 Å². The van der Waals surface area contributed by atoms with Gasteiger partial charge in [0.2, 0.25) is 0 Å². The Kier molecular flexibility index (Phi) is 4.39. The molecule has 1 aromatic rings. The van der Waals surface area contributed by atoms with Crippen LogP contribution in [0.2, 0.25) is 0 Å². The predicted molar refractivity (Wildman–Crippen MR) is 68.3 cm³/mol. The number of morpholine rings is 1. The molecule has 0 bridgehead atoms. The highest BCUT2D eigenvalue weighted by Crippen LogP contribution is 2.18. The van der Waals surface area contributed by atoms with Crippen molar-refractivity contribution >= 4 is 30.7 Å². The molecule has 5 nitrogen and oxygen atoms in total. The van der Waals surface area contributed by atoms with Crippen LogP contribution in [-0.2, 0) is 24.8 Å². The molecule has 1 aliphatic heterocycles. The van der Waals surface area contributed by atoms with Crippen LogP contribution in [0, 0.1) is 0 Å². The van der Waals surface area contributed by atoms with E-state index in [-0.39, 0.29) is 4.90 Å². The Hall–Kier alpha value is -0.470. The Morgan fingerprint density at radius 2 is 1.72 bits per heavy atom. The van der Waals surface area contributed by atoms with E-state index in [9.17, 15) is 12.6 Å². The summed E-state index contributed by atoms with van der Waals surface area (Å²) in [4.78, 5) is 0.563. The molecular formula is C10H12ClNO4S2. The van der Waals surface area contributed by atoms with Crippen LogP contribution in [0.1, 0.15) is 0 Å². The number of hydrogen-bond acceptors (Lipinski definition) is 4. The zero-order chi connectivity index (χ0) is 13.2. The van der Waals surface area contributed by atoms with Crippen molar-refractivity contribution in [3.05, 3.63) is 24.3 Å². The quantitative estimate of drug-likeness (QED) is 0.781. The lowest BCUT2D eigenvalue weighted by Crippen LogP contribution is -2.37. The Bertz CT molecular complexity index is 538. The molecule has 0 spiro atoms. The fraction of sp³-hybridized carbons (Fsp3) is 0.400. The van der Waals surface area contributed by atoms with E-state index < -0.39 is 20.0 Å². The monoisotopic (exact) mass is 309 g/mol. The topological polar surface area (TPSA) is 63.7 Å². The normalized spacial score (nSPS) is 19.6. The van der Waals surface area contributed by atoms with E-state index in [2.05, 4.69) is 0 Å². The molecule has 0 radical (unpaired) electrons. The molecule has 0 aromatic heterocycles. The van der Waals surface area contributed by atoms with Gasteiger partial charge in [0.25, 0.3) is 9.05 Å². The van der Waals surface area contributed by atoms with Crippen LogP contribution >= 0.6 is 10.7 Å². The van der Waals surface area contributed by atoms with Crippen molar-refractivity contribution in [2.75, 3.05) is 26.3 Å². The molecule has 1 unspecified atom stereocenters. The average molecular weight is 310 g/mol. The van der Waals surface area contributed by atoms with E-state index in [1.54, 1.807) is 4.31 Å². The molecule has 0 amide bonds. The van der Waals surface area contributed by atoms with Crippen molar-refractivity contribution in [3.8, 4) is 0 Å². The molecule has 1 aliphatic rings. The van der Waals surface area contributed by atoms with Gasteiger partial charge in [-0.25, -0.2) is 16.9 Å². The van der Waals surface area contributed by atoms with Crippen molar-refractivity contribution in [1.29, 1.82) is 0 Å². The highest BCUT2D eigenvalue weighted by molar-refractivity contribution is 8.13. The van der Waals surface area contributed by atoms with Crippen LogP contribution in [0.5, 0.6) is 0 Å². The molecule has 18 heavy (non-hydrogen) atoms. The SMILES string of the molecule is O=S(c1ccc(S(=O)(=O)Cl)cc1)N1CCOCC1. The van der Waals surface area contributed by atoms with Gasteiger partial charge in [0.1, 0.15) is 11.0 Å². The van der Waals surface area contributed by atoms with E-state index in [0.717, 1.165) is 0 Å². The van der Waals surface area contributed by atoms with Crippen LogP contribution in [0.3, 0.4) is 0 Å². The maximum atomic E-state index is 12.2. The Balaban J connectivity index is 2.16. The van der Waals surface area contributed by atoms with E-state index in [0.29, 0.717) is 31.2 Å². The summed E-state index contributed by atoms with van der Waals surface area (Å²) in [5, 5.41) is 0. The molecule has 100 valence electrons. The minimum absolute atomic E-state index is 0.00638. The largest absolute Gasteiger partial charge is 0.379 e. The molecule has 0 N–H and O–H groups in total. The highest BCUT2D eigenvalue weighted by atomic mass is 35.7. The second-order valence-corrected chi connectivity index (χ2v) is 7.75. The molecular weight excluding hydrogens is 298 g/mol. The number of nitrogens with zero attached hydrogens (tertiary/aromatic N) is 1. The number of rotatable bonds is 3. The van der Waals surface area contributed by atoms with Gasteiger partial charge in [-0.1, -0.05) is 0 Å². The lowest BCUT2D eigenvalue weighted by atomic mass is 10.4. The van der Waals surface area contributed by atoms with Gasteiger partial charge in [-0.15, -0.1) is 0 Å². The highest BCUT2D eigenvalue weighted by Gasteiger charge is 2.19. The first kappa shape index (κ1) is 14.0. The third-order valence-electron chi connectivity index (χ3n) is 2.51. The average Bonchev–Trinajstić information content (AvgIpc) is 2.38. The van der Waals surface area contributed by atoms with Gasteiger partial charge in [0.05, 0.1) is 23.0 Å². The fourth-order valence-electron chi connectivity index (χ4n) is 1.58. The summed E-state index contributed by atoms with van der Waals surface area (Å²) in [6.45, 7) is 2.31. The minimum atomic E-state index is -3.73. The zero-order valence-electron chi connectivity index (χ0n) is 9.41. The first-order chi connectivity index (χ1) is 8.48. The fourth-order valence-corrected chi connectivity index (χ4v) is 3.50. The van der Waals surface area contributed by atoms with Gasteiger partial charge in [0.15, 0.2) is 0 Å². The molecule has 1 aromatic carbocycles. The summed E-state index contributed by atoms with van der Waals surface area (Å²) in [7, 11) is 0.189. The summed E-state index contributed by atoms with van der Waals surface area (Å²) in [6.07, 6.45) is 0. The maximum Gasteiger partial charge on any atom is 0.261 e. The molecule has 1 heterocycles. The van der Waals surface area contributed by atoms with Crippen molar-refractivity contribution in [3.63, 3.8) is 0 Å². The summed E-state index contributed by atoms with van der Waals surface area (Å²) in [6, 6.07) is 5.74. The summed E-state index contributed by atoms with van der Waals surface area (Å²) in [5.41, 5.74) is 0. The van der Waals surface area contributed by atoms with Crippen molar-refractivity contribution < 1.29 is 17.4 Å². The van der Waals surface area contributed by atoms with Crippen LogP contribution in [0.4, 0.5) is 0 Å². The van der Waals surface area contributed by atoms with Crippen molar-refractivity contribution in [2.24, 2.45) is 0 Å². The molecule has 1 atom stereocenters.